The number of phenols is 2. The van der Waals surface area contributed by atoms with Gasteiger partial charge in [-0.05, 0) is 36.5 Å². The fourth-order valence-electron chi connectivity index (χ4n) is 3.51. The molecule has 0 radical (unpaired) electrons. The highest BCUT2D eigenvalue weighted by atomic mass is 19.1. The zero-order valence-electron chi connectivity index (χ0n) is 16.0. The summed E-state index contributed by atoms with van der Waals surface area (Å²) in [5.41, 5.74) is 1.64. The van der Waals surface area contributed by atoms with E-state index in [0.717, 1.165) is 12.1 Å². The summed E-state index contributed by atoms with van der Waals surface area (Å²) in [6, 6.07) is 8.88. The summed E-state index contributed by atoms with van der Waals surface area (Å²) in [5.74, 6) is -2.02. The van der Waals surface area contributed by atoms with Gasteiger partial charge in [0.15, 0.2) is 11.6 Å². The number of benzene rings is 2. The maximum atomic E-state index is 13.6. The molecule has 0 bridgehead atoms. The van der Waals surface area contributed by atoms with Gasteiger partial charge in [-0.2, -0.15) is 0 Å². The number of piperidine rings is 1. The van der Waals surface area contributed by atoms with Gasteiger partial charge in [0.2, 0.25) is 0 Å². The summed E-state index contributed by atoms with van der Waals surface area (Å²) >= 11 is 0. The van der Waals surface area contributed by atoms with Crippen molar-refractivity contribution in [3.8, 4) is 11.5 Å². The van der Waals surface area contributed by atoms with Crippen molar-refractivity contribution in [2.75, 3.05) is 25.5 Å². The van der Waals surface area contributed by atoms with E-state index in [4.69, 9.17) is 0 Å². The molecule has 0 saturated carbocycles. The lowest BCUT2D eigenvalue weighted by molar-refractivity contribution is -0.139. The molecule has 0 atom stereocenters. The Morgan fingerprint density at radius 1 is 1.17 bits per heavy atom. The van der Waals surface area contributed by atoms with Gasteiger partial charge in [-0.1, -0.05) is 18.2 Å². The lowest BCUT2D eigenvalue weighted by Crippen LogP contribution is -2.40. The van der Waals surface area contributed by atoms with Gasteiger partial charge < -0.3 is 25.2 Å². The second kappa shape index (κ2) is 8.81. The molecule has 1 aliphatic heterocycles. The van der Waals surface area contributed by atoms with E-state index in [0.29, 0.717) is 42.7 Å². The van der Waals surface area contributed by atoms with Gasteiger partial charge in [0.25, 0.3) is 0 Å². The van der Waals surface area contributed by atoms with Gasteiger partial charge >= 0.3 is 12.0 Å². The van der Waals surface area contributed by atoms with Crippen LogP contribution in [0.25, 0.3) is 0 Å². The highest BCUT2D eigenvalue weighted by Crippen LogP contribution is 2.37. The fraction of sp³-hybridized carbons (Fsp3) is 0.333. The molecule has 1 heterocycles. The number of likely N-dealkylation sites (tertiary alicyclic amines) is 1. The van der Waals surface area contributed by atoms with E-state index in [-0.39, 0.29) is 24.1 Å². The van der Waals surface area contributed by atoms with Crippen molar-refractivity contribution >= 4 is 17.7 Å². The Morgan fingerprint density at radius 3 is 2.55 bits per heavy atom. The Hall–Kier alpha value is -3.29. The van der Waals surface area contributed by atoms with Crippen LogP contribution in [0.2, 0.25) is 0 Å². The number of methoxy groups -OCH3 is 1. The Kier molecular flexibility index (Phi) is 6.21. The minimum Gasteiger partial charge on any atom is -0.508 e. The number of hydrogen-bond donors (Lipinski definition) is 3. The molecule has 0 aromatic heterocycles. The number of ether oxygens (including phenoxy) is 1. The number of hydrogen-bond acceptors (Lipinski definition) is 5. The number of urea groups is 1. The third-order valence-electron chi connectivity index (χ3n) is 5.14. The zero-order valence-corrected chi connectivity index (χ0v) is 16.0. The molecule has 1 fully saturated rings. The van der Waals surface area contributed by atoms with E-state index in [1.165, 1.54) is 7.11 Å². The molecule has 3 rings (SSSR count). The second-order valence-corrected chi connectivity index (χ2v) is 6.96. The zero-order chi connectivity index (χ0) is 21.0. The molecule has 2 amide bonds. The van der Waals surface area contributed by atoms with Crippen LogP contribution >= 0.6 is 0 Å². The summed E-state index contributed by atoms with van der Waals surface area (Å²) in [6.45, 7) is 0.856. The number of amides is 2. The van der Waals surface area contributed by atoms with E-state index in [1.807, 2.05) is 0 Å². The van der Waals surface area contributed by atoms with Gasteiger partial charge in [-0.3, -0.25) is 4.79 Å². The van der Waals surface area contributed by atoms with Crippen molar-refractivity contribution in [3.63, 3.8) is 0 Å². The smallest absolute Gasteiger partial charge is 0.321 e. The van der Waals surface area contributed by atoms with Crippen molar-refractivity contribution in [1.29, 1.82) is 0 Å². The number of anilines is 1. The van der Waals surface area contributed by atoms with Crippen molar-refractivity contribution < 1.29 is 28.9 Å². The van der Waals surface area contributed by atoms with Crippen molar-refractivity contribution in [3.05, 3.63) is 53.3 Å². The highest BCUT2D eigenvalue weighted by molar-refractivity contribution is 5.91. The fourth-order valence-corrected chi connectivity index (χ4v) is 3.51. The molecular weight excluding hydrogens is 379 g/mol. The number of nitrogens with one attached hydrogen (secondary N) is 1. The number of nitrogens with zero attached hydrogens (tertiary/aromatic N) is 1. The number of halogens is 1. The van der Waals surface area contributed by atoms with Crippen LogP contribution in [0.15, 0.2) is 36.4 Å². The first-order valence-electron chi connectivity index (χ1n) is 9.31. The van der Waals surface area contributed by atoms with Gasteiger partial charge in [0.05, 0.1) is 13.5 Å². The third-order valence-corrected chi connectivity index (χ3v) is 5.14. The first-order valence-corrected chi connectivity index (χ1v) is 9.31. The SMILES string of the molecule is COC(=O)Cc1ccccc1NC(=O)N1CCC(c2cc(F)c(O)cc2O)CC1. The molecule has 29 heavy (non-hydrogen) atoms. The first kappa shape index (κ1) is 20.4. The third kappa shape index (κ3) is 4.77. The number of para-hydroxylation sites is 1. The summed E-state index contributed by atoms with van der Waals surface area (Å²) in [7, 11) is 1.31. The van der Waals surface area contributed by atoms with Crippen molar-refractivity contribution in [1.82, 2.24) is 4.90 Å². The van der Waals surface area contributed by atoms with Crippen LogP contribution < -0.4 is 5.32 Å². The normalized spacial score (nSPS) is 14.5. The molecule has 1 aliphatic rings. The molecule has 0 spiro atoms. The molecule has 1 saturated heterocycles. The van der Waals surface area contributed by atoms with Crippen LogP contribution in [-0.4, -0.2) is 47.3 Å². The Morgan fingerprint density at radius 2 is 1.86 bits per heavy atom. The maximum Gasteiger partial charge on any atom is 0.321 e. The molecule has 8 heteroatoms. The van der Waals surface area contributed by atoms with Gasteiger partial charge in [-0.25, -0.2) is 9.18 Å². The molecule has 0 unspecified atom stereocenters. The maximum absolute atomic E-state index is 13.6. The number of aromatic hydroxyl groups is 2. The van der Waals surface area contributed by atoms with Crippen LogP contribution in [0.4, 0.5) is 14.9 Å². The molecular formula is C21H23FN2O5. The molecule has 0 aliphatic carbocycles. The minimum atomic E-state index is -0.778. The van der Waals surface area contributed by atoms with Crippen molar-refractivity contribution in [2.45, 2.75) is 25.2 Å². The summed E-state index contributed by atoms with van der Waals surface area (Å²) < 4.78 is 18.3. The number of carbonyl (C=O) groups excluding carboxylic acids is 2. The number of esters is 1. The topological polar surface area (TPSA) is 99.1 Å². The van der Waals surface area contributed by atoms with E-state index in [9.17, 15) is 24.2 Å². The highest BCUT2D eigenvalue weighted by Gasteiger charge is 2.26. The number of carbonyl (C=O) groups is 2. The average Bonchev–Trinajstić information content (AvgIpc) is 2.72. The van der Waals surface area contributed by atoms with E-state index < -0.39 is 17.5 Å². The summed E-state index contributed by atoms with van der Waals surface area (Å²) in [6.07, 6.45) is 1.16. The second-order valence-electron chi connectivity index (χ2n) is 6.96. The van der Waals surface area contributed by atoms with Crippen molar-refractivity contribution in [2.24, 2.45) is 0 Å². The van der Waals surface area contributed by atoms with E-state index >= 15 is 0 Å². The quantitative estimate of drug-likeness (QED) is 0.681. The standard InChI is InChI=1S/C21H23FN2O5/c1-29-20(27)10-14-4-2-3-5-17(14)23-21(28)24-8-6-13(7-9-24)15-11-16(22)19(26)12-18(15)25/h2-5,11-13,25-26H,6-10H2,1H3,(H,23,28). The van der Waals surface area contributed by atoms with E-state index in [1.54, 1.807) is 29.2 Å². The first-order chi connectivity index (χ1) is 13.9. The lowest BCUT2D eigenvalue weighted by Gasteiger charge is -2.32. The Bertz CT molecular complexity index is 910. The predicted octanol–water partition coefficient (Wildman–Crippen LogP) is 3.36. The Balaban J connectivity index is 1.63. The van der Waals surface area contributed by atoms with Crippen LogP contribution in [0.3, 0.4) is 0 Å². The molecule has 154 valence electrons. The number of phenolic OH excluding ortho intramolecular Hbond substituents is 2. The summed E-state index contributed by atoms with van der Waals surface area (Å²) in [4.78, 5) is 25.8. The van der Waals surface area contributed by atoms with Gasteiger partial charge in [-0.15, -0.1) is 0 Å². The van der Waals surface area contributed by atoms with Crippen LogP contribution in [0, 0.1) is 5.82 Å². The molecule has 2 aromatic rings. The molecule has 2 aromatic carbocycles. The largest absolute Gasteiger partial charge is 0.508 e. The minimum absolute atomic E-state index is 0.0563. The monoisotopic (exact) mass is 402 g/mol. The predicted molar refractivity (Wildman–Crippen MR) is 104 cm³/mol. The summed E-state index contributed by atoms with van der Waals surface area (Å²) in [5, 5.41) is 22.2. The molecule has 7 nitrogen and oxygen atoms in total. The van der Waals surface area contributed by atoms with Crippen LogP contribution in [-0.2, 0) is 16.0 Å². The number of rotatable bonds is 4. The average molecular weight is 402 g/mol. The van der Waals surface area contributed by atoms with Gasteiger partial charge in [0.1, 0.15) is 5.75 Å². The Labute approximate surface area is 167 Å². The van der Waals surface area contributed by atoms with E-state index in [2.05, 4.69) is 10.1 Å². The van der Waals surface area contributed by atoms with Crippen LogP contribution in [0.5, 0.6) is 11.5 Å². The lowest BCUT2D eigenvalue weighted by atomic mass is 9.88. The van der Waals surface area contributed by atoms with Gasteiger partial charge in [0, 0.05) is 30.4 Å². The van der Waals surface area contributed by atoms with Crippen LogP contribution in [0.1, 0.15) is 29.9 Å². The molecule has 3 N–H and O–H groups in total.